The molecule has 1 aliphatic carbocycles. The lowest BCUT2D eigenvalue weighted by molar-refractivity contribution is -0.143. The molecule has 2 aromatic rings. The van der Waals surface area contributed by atoms with E-state index in [1.165, 1.54) is 0 Å². The van der Waals surface area contributed by atoms with Crippen molar-refractivity contribution in [2.45, 2.75) is 62.1 Å². The number of fused-ring (bicyclic) bond motifs is 1. The second kappa shape index (κ2) is 9.84. The van der Waals surface area contributed by atoms with Gasteiger partial charge in [-0.3, -0.25) is 9.36 Å². The summed E-state index contributed by atoms with van der Waals surface area (Å²) in [6.45, 7) is 1.05. The number of carbonyl (C=O) groups excluding carboxylic acids is 1. The van der Waals surface area contributed by atoms with E-state index in [-0.39, 0.29) is 17.9 Å². The van der Waals surface area contributed by atoms with Crippen molar-refractivity contribution < 1.29 is 35.9 Å². The molecule has 1 aromatic carbocycles. The van der Waals surface area contributed by atoms with E-state index in [4.69, 9.17) is 4.74 Å². The summed E-state index contributed by atoms with van der Waals surface area (Å²) >= 11 is 0.926. The molecule has 0 saturated carbocycles. The monoisotopic (exact) mass is 521 g/mol. The van der Waals surface area contributed by atoms with Gasteiger partial charge in [-0.05, 0) is 50.3 Å². The number of hydrogen-bond donors (Lipinski definition) is 1. The van der Waals surface area contributed by atoms with Gasteiger partial charge in [-0.2, -0.15) is 31.3 Å². The summed E-state index contributed by atoms with van der Waals surface area (Å²) in [5, 5.41) is 2.44. The van der Waals surface area contributed by atoms with Crippen LogP contribution in [0.1, 0.15) is 41.6 Å². The van der Waals surface area contributed by atoms with E-state index in [1.807, 2.05) is 0 Å². The Morgan fingerprint density at radius 3 is 2.37 bits per heavy atom. The van der Waals surface area contributed by atoms with Crippen LogP contribution in [-0.2, 0) is 41.3 Å². The Labute approximate surface area is 200 Å². The molecule has 1 saturated heterocycles. The molecule has 1 N–H and O–H groups in total. The van der Waals surface area contributed by atoms with E-state index < -0.39 is 40.8 Å². The van der Waals surface area contributed by atoms with Crippen LogP contribution in [0, 0.1) is 0 Å². The van der Waals surface area contributed by atoms with Crippen molar-refractivity contribution in [3.8, 4) is 0 Å². The van der Waals surface area contributed by atoms with Crippen LogP contribution >= 0.6 is 11.8 Å². The number of thioether (sulfide) groups is 1. The minimum atomic E-state index is -5.02. The summed E-state index contributed by atoms with van der Waals surface area (Å²) < 4.78 is 85.4. The largest absolute Gasteiger partial charge is 0.416 e. The molecule has 1 amide bonds. The molecule has 6 nitrogen and oxygen atoms in total. The van der Waals surface area contributed by atoms with Gasteiger partial charge < -0.3 is 10.1 Å². The molecule has 0 radical (unpaired) electrons. The third-order valence-corrected chi connectivity index (χ3v) is 6.84. The second-order valence-electron chi connectivity index (χ2n) is 8.36. The first kappa shape index (κ1) is 25.5. The summed E-state index contributed by atoms with van der Waals surface area (Å²) in [7, 11) is 0. The topological polar surface area (TPSA) is 73.2 Å². The fourth-order valence-corrected chi connectivity index (χ4v) is 5.12. The normalized spacial score (nSPS) is 18.1. The average molecular weight is 521 g/mol. The summed E-state index contributed by atoms with van der Waals surface area (Å²) in [5.41, 5.74) is -2.48. The maximum Gasteiger partial charge on any atom is 0.416 e. The van der Waals surface area contributed by atoms with Gasteiger partial charge in [0.05, 0.1) is 29.5 Å². The minimum Gasteiger partial charge on any atom is -0.376 e. The van der Waals surface area contributed by atoms with Gasteiger partial charge in [0.1, 0.15) is 5.03 Å². The van der Waals surface area contributed by atoms with E-state index in [2.05, 4.69) is 10.3 Å². The molecule has 1 atom stereocenters. The zero-order valence-corrected chi connectivity index (χ0v) is 19.1. The van der Waals surface area contributed by atoms with Crippen molar-refractivity contribution in [1.82, 2.24) is 9.55 Å². The van der Waals surface area contributed by atoms with Gasteiger partial charge in [-0.25, -0.2) is 4.79 Å². The standard InChI is InChI=1S/C22H21F6N3O3S/c23-21(24,25)12-7-13(22(26,27)28)9-14(8-12)29-18(32)11-35-19-16-4-1-5-17(16)31(20(33)30-19)10-15-3-2-6-34-15/h7-9,15H,1-6,10-11H2,(H,29,32). The number of ether oxygens (including phenoxy) is 1. The first-order valence-corrected chi connectivity index (χ1v) is 11.9. The zero-order chi connectivity index (χ0) is 25.4. The highest BCUT2D eigenvalue weighted by Gasteiger charge is 2.37. The second-order valence-corrected chi connectivity index (χ2v) is 9.32. The Kier molecular flexibility index (Phi) is 7.18. The highest BCUT2D eigenvalue weighted by Crippen LogP contribution is 2.37. The first-order chi connectivity index (χ1) is 16.4. The highest BCUT2D eigenvalue weighted by atomic mass is 32.2. The SMILES string of the molecule is O=C(CSc1nc(=O)n(CC2CCCO2)c2c1CCC2)Nc1cc(C(F)(F)F)cc(C(F)(F)F)c1. The molecule has 2 aliphatic rings. The summed E-state index contributed by atoms with van der Waals surface area (Å²) in [6.07, 6.45) is -6.20. The van der Waals surface area contributed by atoms with Crippen molar-refractivity contribution in [3.63, 3.8) is 0 Å². The van der Waals surface area contributed by atoms with Gasteiger partial charge in [0.2, 0.25) is 5.91 Å². The lowest BCUT2D eigenvalue weighted by Crippen LogP contribution is -2.31. The predicted octanol–water partition coefficient (Wildman–Crippen LogP) is 4.68. The van der Waals surface area contributed by atoms with Crippen LogP contribution < -0.4 is 11.0 Å². The molecular weight excluding hydrogens is 500 g/mol. The van der Waals surface area contributed by atoms with Crippen molar-refractivity contribution in [2.75, 3.05) is 17.7 Å². The van der Waals surface area contributed by atoms with E-state index in [0.717, 1.165) is 42.3 Å². The zero-order valence-electron chi connectivity index (χ0n) is 18.3. The molecule has 0 spiro atoms. The van der Waals surface area contributed by atoms with Crippen molar-refractivity contribution >= 4 is 23.4 Å². The molecule has 35 heavy (non-hydrogen) atoms. The van der Waals surface area contributed by atoms with E-state index in [0.29, 0.717) is 43.2 Å². The summed E-state index contributed by atoms with van der Waals surface area (Å²) in [5.74, 6) is -1.16. The maximum absolute atomic E-state index is 13.0. The van der Waals surface area contributed by atoms with Crippen LogP contribution in [-0.4, -0.2) is 33.9 Å². The van der Waals surface area contributed by atoms with Crippen LogP contribution in [0.5, 0.6) is 0 Å². The number of nitrogens with zero attached hydrogens (tertiary/aromatic N) is 2. The third kappa shape index (κ3) is 6.00. The number of hydrogen-bond acceptors (Lipinski definition) is 5. The molecule has 4 rings (SSSR count). The Hall–Kier alpha value is -2.54. The van der Waals surface area contributed by atoms with Gasteiger partial charge in [0, 0.05) is 23.6 Å². The van der Waals surface area contributed by atoms with Crippen LogP contribution in [0.4, 0.5) is 32.0 Å². The Balaban J connectivity index is 1.49. The minimum absolute atomic E-state index is 0.0107. The number of carbonyl (C=O) groups is 1. The molecule has 190 valence electrons. The Morgan fingerprint density at radius 2 is 1.77 bits per heavy atom. The Bertz CT molecular complexity index is 1140. The maximum atomic E-state index is 13.0. The van der Waals surface area contributed by atoms with Gasteiger partial charge in [-0.15, -0.1) is 0 Å². The first-order valence-electron chi connectivity index (χ1n) is 10.9. The molecule has 0 bridgehead atoms. The van der Waals surface area contributed by atoms with Gasteiger partial charge in [-0.1, -0.05) is 11.8 Å². The van der Waals surface area contributed by atoms with Gasteiger partial charge >= 0.3 is 18.0 Å². The third-order valence-electron chi connectivity index (χ3n) is 5.82. The predicted molar refractivity (Wildman–Crippen MR) is 115 cm³/mol. The lowest BCUT2D eigenvalue weighted by Gasteiger charge is -2.17. The molecular formula is C22H21F6N3O3S. The van der Waals surface area contributed by atoms with Crippen LogP contribution in [0.2, 0.25) is 0 Å². The summed E-state index contributed by atoms with van der Waals surface area (Å²) in [6, 6.07) is 0.878. The quantitative estimate of drug-likeness (QED) is 0.340. The molecule has 2 heterocycles. The van der Waals surface area contributed by atoms with E-state index >= 15 is 0 Å². The lowest BCUT2D eigenvalue weighted by atomic mass is 10.1. The number of rotatable bonds is 6. The van der Waals surface area contributed by atoms with Crippen LogP contribution in [0.25, 0.3) is 0 Å². The van der Waals surface area contributed by atoms with Crippen molar-refractivity contribution in [3.05, 3.63) is 51.1 Å². The number of aromatic nitrogens is 2. The Morgan fingerprint density at radius 1 is 1.09 bits per heavy atom. The number of benzene rings is 1. The van der Waals surface area contributed by atoms with Gasteiger partial charge in [0.25, 0.3) is 0 Å². The van der Waals surface area contributed by atoms with Crippen molar-refractivity contribution in [2.24, 2.45) is 0 Å². The van der Waals surface area contributed by atoms with Crippen molar-refractivity contribution in [1.29, 1.82) is 0 Å². The fraction of sp³-hybridized carbons (Fsp3) is 0.500. The number of anilines is 1. The fourth-order valence-electron chi connectivity index (χ4n) is 4.24. The molecule has 13 heteroatoms. The number of halogens is 6. The number of alkyl halides is 6. The average Bonchev–Trinajstić information content (AvgIpc) is 3.45. The molecule has 1 aliphatic heterocycles. The van der Waals surface area contributed by atoms with Gasteiger partial charge in [0.15, 0.2) is 0 Å². The van der Waals surface area contributed by atoms with E-state index in [1.54, 1.807) is 4.57 Å². The molecule has 1 fully saturated rings. The van der Waals surface area contributed by atoms with Crippen LogP contribution in [0.3, 0.4) is 0 Å². The molecule has 1 unspecified atom stereocenters. The van der Waals surface area contributed by atoms with Crippen LogP contribution in [0.15, 0.2) is 28.0 Å². The summed E-state index contributed by atoms with van der Waals surface area (Å²) in [4.78, 5) is 29.1. The van der Waals surface area contributed by atoms with E-state index in [9.17, 15) is 35.9 Å². The number of amides is 1. The number of nitrogens with one attached hydrogen (secondary N) is 1. The molecule has 1 aromatic heterocycles. The smallest absolute Gasteiger partial charge is 0.376 e. The highest BCUT2D eigenvalue weighted by molar-refractivity contribution is 8.00.